The second kappa shape index (κ2) is 10.4. The summed E-state index contributed by atoms with van der Waals surface area (Å²) < 4.78 is 89.6. The van der Waals surface area contributed by atoms with Crippen molar-refractivity contribution in [2.75, 3.05) is 5.32 Å². The molecule has 0 atom stereocenters. The Hall–Kier alpha value is -1.84. The summed E-state index contributed by atoms with van der Waals surface area (Å²) in [5.41, 5.74) is -0.131. The molecular formula is C18H18NNaO9S3. The average Bonchev–Trinajstić information content (AvgIpc) is 2.64. The number of benzene rings is 2. The van der Waals surface area contributed by atoms with E-state index < -0.39 is 50.7 Å². The molecule has 0 aliphatic rings. The van der Waals surface area contributed by atoms with Gasteiger partial charge in [0.25, 0.3) is 20.2 Å². The van der Waals surface area contributed by atoms with Crippen LogP contribution in [0, 0.1) is 0 Å². The van der Waals surface area contributed by atoms with Crippen LogP contribution in [0.15, 0.2) is 63.1 Å². The van der Waals surface area contributed by atoms with Crippen LogP contribution in [0.1, 0.15) is 18.1 Å². The van der Waals surface area contributed by atoms with Gasteiger partial charge in [0, 0.05) is 18.0 Å². The molecule has 0 saturated heterocycles. The first-order chi connectivity index (χ1) is 14.1. The summed E-state index contributed by atoms with van der Waals surface area (Å²) in [6.07, 6.45) is 2.24. The van der Waals surface area contributed by atoms with Gasteiger partial charge in [-0.1, -0.05) is 30.9 Å². The van der Waals surface area contributed by atoms with Gasteiger partial charge in [0.2, 0.25) is 5.91 Å². The number of nitrogens with one attached hydrogen (secondary N) is 1. The summed E-state index contributed by atoms with van der Waals surface area (Å²) in [6, 6.07) is 6.49. The van der Waals surface area contributed by atoms with Crippen LogP contribution >= 0.6 is 0 Å². The SMILES string of the molecule is C=CS(=O)(=O)c1ccc(/C=C/c2ccc(NC(C)=O)cc2S(=O)(=O)O)c(S(=O)(=O)O)c1.[NaH]. The van der Waals surface area contributed by atoms with E-state index >= 15 is 0 Å². The monoisotopic (exact) mass is 511 g/mol. The Labute approximate surface area is 207 Å². The maximum atomic E-state index is 11.9. The Balaban J connectivity index is 0.00000512. The van der Waals surface area contributed by atoms with Crippen molar-refractivity contribution in [1.82, 2.24) is 0 Å². The second-order valence-electron chi connectivity index (χ2n) is 6.13. The van der Waals surface area contributed by atoms with Crippen LogP contribution in [0.4, 0.5) is 5.69 Å². The van der Waals surface area contributed by atoms with E-state index in [9.17, 15) is 39.2 Å². The number of amides is 1. The Kier molecular flexibility index (Phi) is 9.16. The molecule has 0 heterocycles. The number of sulfone groups is 1. The standard InChI is InChI=1S/C18H17NO9S3.Na.H/c1-3-29(21,22)16-9-7-14(18(11-16)31(26,27)28)5-4-13-6-8-15(19-12(2)20)10-17(13)30(23,24)25;;/h3-11H,1H2,2H3,(H,19,20)(H,23,24,25)(H,26,27,28);;/b5-4+;;. The Morgan fingerprint density at radius 2 is 1.34 bits per heavy atom. The molecule has 3 N–H and O–H groups in total. The van der Waals surface area contributed by atoms with Gasteiger partial charge in [-0.05, 0) is 35.4 Å². The Bertz CT molecular complexity index is 1410. The minimum atomic E-state index is -4.85. The molecule has 0 aliphatic heterocycles. The zero-order valence-electron chi connectivity index (χ0n) is 15.9. The summed E-state index contributed by atoms with van der Waals surface area (Å²) in [5.74, 6) is -0.475. The number of anilines is 1. The van der Waals surface area contributed by atoms with Gasteiger partial charge in [-0.15, -0.1) is 0 Å². The van der Waals surface area contributed by atoms with Crippen molar-refractivity contribution in [3.05, 3.63) is 59.5 Å². The molecule has 0 aromatic heterocycles. The molecule has 32 heavy (non-hydrogen) atoms. The first kappa shape index (κ1) is 28.2. The van der Waals surface area contributed by atoms with Crippen LogP contribution in [0.2, 0.25) is 0 Å². The number of hydrogen-bond donors (Lipinski definition) is 3. The molecule has 2 rings (SSSR count). The molecule has 2 aromatic rings. The summed E-state index contributed by atoms with van der Waals surface area (Å²) in [5, 5.41) is 2.97. The van der Waals surface area contributed by atoms with E-state index in [0.29, 0.717) is 5.41 Å². The molecule has 168 valence electrons. The van der Waals surface area contributed by atoms with E-state index in [1.54, 1.807) is 0 Å². The maximum absolute atomic E-state index is 11.9. The van der Waals surface area contributed by atoms with E-state index in [4.69, 9.17) is 0 Å². The first-order valence-corrected chi connectivity index (χ1v) is 12.6. The van der Waals surface area contributed by atoms with Crippen LogP contribution in [0.3, 0.4) is 0 Å². The van der Waals surface area contributed by atoms with Gasteiger partial charge in [0.15, 0.2) is 9.84 Å². The van der Waals surface area contributed by atoms with E-state index in [0.717, 1.165) is 36.4 Å². The number of carbonyl (C=O) groups excluding carboxylic acids is 1. The van der Waals surface area contributed by atoms with Gasteiger partial charge in [-0.2, -0.15) is 16.8 Å². The first-order valence-electron chi connectivity index (χ1n) is 8.21. The van der Waals surface area contributed by atoms with Crippen LogP contribution in [0.25, 0.3) is 12.2 Å². The van der Waals surface area contributed by atoms with Crippen LogP contribution in [0.5, 0.6) is 0 Å². The predicted octanol–water partition coefficient (Wildman–Crippen LogP) is 1.58. The Morgan fingerprint density at radius 1 is 0.875 bits per heavy atom. The van der Waals surface area contributed by atoms with E-state index in [2.05, 4.69) is 11.9 Å². The normalized spacial score (nSPS) is 12.2. The van der Waals surface area contributed by atoms with Crippen molar-refractivity contribution < 1.29 is 39.2 Å². The molecule has 10 nitrogen and oxygen atoms in total. The summed E-state index contributed by atoms with van der Waals surface area (Å²) in [7, 11) is -13.6. The molecule has 0 radical (unpaired) electrons. The topological polar surface area (TPSA) is 172 Å². The van der Waals surface area contributed by atoms with Crippen molar-refractivity contribution in [3.63, 3.8) is 0 Å². The average molecular weight is 512 g/mol. The second-order valence-corrected chi connectivity index (χ2v) is 10.8. The third-order valence-corrected chi connectivity index (χ3v) is 7.03. The summed E-state index contributed by atoms with van der Waals surface area (Å²) >= 11 is 0. The Morgan fingerprint density at radius 3 is 1.78 bits per heavy atom. The zero-order valence-corrected chi connectivity index (χ0v) is 18.3. The van der Waals surface area contributed by atoms with Gasteiger partial charge >= 0.3 is 29.6 Å². The van der Waals surface area contributed by atoms with Gasteiger partial charge in [-0.3, -0.25) is 13.9 Å². The third kappa shape index (κ3) is 7.08. The minimum absolute atomic E-state index is 0. The molecule has 1 amide bonds. The van der Waals surface area contributed by atoms with Crippen LogP contribution < -0.4 is 5.32 Å². The van der Waals surface area contributed by atoms with Crippen molar-refractivity contribution in [2.45, 2.75) is 21.6 Å². The van der Waals surface area contributed by atoms with Crippen molar-refractivity contribution in [3.8, 4) is 0 Å². The molecule has 0 fully saturated rings. The molecule has 0 aliphatic carbocycles. The molecular weight excluding hydrogens is 493 g/mol. The number of carbonyl (C=O) groups is 1. The van der Waals surface area contributed by atoms with Gasteiger partial charge in [0.1, 0.15) is 9.79 Å². The van der Waals surface area contributed by atoms with Crippen LogP contribution in [-0.2, 0) is 34.9 Å². The van der Waals surface area contributed by atoms with Gasteiger partial charge in [-0.25, -0.2) is 8.42 Å². The van der Waals surface area contributed by atoms with Crippen molar-refractivity contribution >= 4 is 83.4 Å². The zero-order chi connectivity index (χ0) is 23.6. The quantitative estimate of drug-likeness (QED) is 0.283. The fraction of sp³-hybridized carbons (Fsp3) is 0.0556. The van der Waals surface area contributed by atoms with Crippen molar-refractivity contribution in [1.29, 1.82) is 0 Å². The summed E-state index contributed by atoms with van der Waals surface area (Å²) in [4.78, 5) is 9.41. The van der Waals surface area contributed by atoms with E-state index in [-0.39, 0.29) is 46.4 Å². The van der Waals surface area contributed by atoms with Crippen molar-refractivity contribution in [2.24, 2.45) is 0 Å². The molecule has 0 saturated carbocycles. The molecule has 2 aromatic carbocycles. The molecule has 0 unspecified atom stereocenters. The summed E-state index contributed by atoms with van der Waals surface area (Å²) in [6.45, 7) is 4.34. The molecule has 14 heteroatoms. The fourth-order valence-electron chi connectivity index (χ4n) is 2.51. The van der Waals surface area contributed by atoms with E-state index in [1.165, 1.54) is 19.1 Å². The predicted molar refractivity (Wildman–Crippen MR) is 120 cm³/mol. The molecule has 0 spiro atoms. The van der Waals surface area contributed by atoms with Gasteiger partial charge in [0.05, 0.1) is 4.90 Å². The van der Waals surface area contributed by atoms with Crippen LogP contribution in [-0.4, -0.2) is 69.8 Å². The van der Waals surface area contributed by atoms with Gasteiger partial charge < -0.3 is 5.32 Å². The number of hydrogen-bond acceptors (Lipinski definition) is 7. The number of rotatable bonds is 7. The third-order valence-electron chi connectivity index (χ3n) is 3.87. The fourth-order valence-corrected chi connectivity index (χ4v) is 4.73. The van der Waals surface area contributed by atoms with E-state index in [1.807, 2.05) is 0 Å². The molecule has 0 bridgehead atoms.